The Morgan fingerprint density at radius 2 is 2.00 bits per heavy atom. The zero-order valence-electron chi connectivity index (χ0n) is 13.5. The van der Waals surface area contributed by atoms with E-state index in [4.69, 9.17) is 11.6 Å². The maximum atomic E-state index is 13.0. The maximum Gasteiger partial charge on any atom is 0.272 e. The molecular formula is C18H15ClN2O4. The number of ketones is 1. The summed E-state index contributed by atoms with van der Waals surface area (Å²) in [5, 5.41) is 11.4. The zero-order chi connectivity index (χ0) is 18.1. The summed E-state index contributed by atoms with van der Waals surface area (Å²) in [6.45, 7) is 1.99. The Morgan fingerprint density at radius 3 is 2.68 bits per heavy atom. The van der Waals surface area contributed by atoms with Gasteiger partial charge in [-0.25, -0.2) is 0 Å². The number of nitro benzene ring substituents is 1. The largest absolute Gasteiger partial charge is 0.308 e. The molecule has 0 fully saturated rings. The fourth-order valence-electron chi connectivity index (χ4n) is 2.98. The van der Waals surface area contributed by atoms with Gasteiger partial charge in [0.25, 0.3) is 11.6 Å². The molecule has 0 N–H and O–H groups in total. The summed E-state index contributed by atoms with van der Waals surface area (Å²) in [6.07, 6.45) is 0.888. The van der Waals surface area contributed by atoms with Crippen molar-refractivity contribution in [2.24, 2.45) is 0 Å². The second-order valence-corrected chi connectivity index (χ2v) is 6.34. The lowest BCUT2D eigenvalue weighted by molar-refractivity contribution is -0.385. The van der Waals surface area contributed by atoms with Crippen LogP contribution in [0.3, 0.4) is 0 Å². The number of aryl methyl sites for hydroxylation is 1. The summed E-state index contributed by atoms with van der Waals surface area (Å²) in [4.78, 5) is 37.2. The van der Waals surface area contributed by atoms with E-state index in [9.17, 15) is 19.7 Å². The van der Waals surface area contributed by atoms with Gasteiger partial charge in [-0.2, -0.15) is 0 Å². The zero-order valence-corrected chi connectivity index (χ0v) is 14.2. The Balaban J connectivity index is 2.03. The minimum absolute atomic E-state index is 0.0326. The normalized spacial score (nSPS) is 14.0. The molecule has 6 nitrogen and oxygen atoms in total. The molecule has 1 amide bonds. The van der Waals surface area contributed by atoms with Gasteiger partial charge < -0.3 is 4.90 Å². The lowest BCUT2D eigenvalue weighted by atomic mass is 10.1. The van der Waals surface area contributed by atoms with Crippen molar-refractivity contribution in [1.82, 2.24) is 0 Å². The van der Waals surface area contributed by atoms with E-state index in [-0.39, 0.29) is 17.4 Å². The molecule has 0 aliphatic carbocycles. The van der Waals surface area contributed by atoms with E-state index in [0.717, 1.165) is 0 Å². The predicted octanol–water partition coefficient (Wildman–Crippen LogP) is 4.18. The molecule has 2 aromatic carbocycles. The Bertz CT molecular complexity index is 895. The summed E-state index contributed by atoms with van der Waals surface area (Å²) in [5.41, 5.74) is 1.68. The molecule has 0 saturated heterocycles. The van der Waals surface area contributed by atoms with Crippen LogP contribution in [0.2, 0.25) is 5.02 Å². The van der Waals surface area contributed by atoms with Crippen molar-refractivity contribution in [2.75, 3.05) is 11.4 Å². The van der Waals surface area contributed by atoms with Crippen LogP contribution in [0.15, 0.2) is 36.4 Å². The van der Waals surface area contributed by atoms with Crippen molar-refractivity contribution >= 4 is 34.7 Å². The number of nitrogens with zero attached hydrogens (tertiary/aromatic N) is 2. The SMILES string of the molecule is Cc1cc(C(=O)N2CCCC(=O)c3cc(Cl)ccc32)ccc1[N+](=O)[O-]. The highest BCUT2D eigenvalue weighted by atomic mass is 35.5. The van der Waals surface area contributed by atoms with E-state index in [1.807, 2.05) is 0 Å². The third-order valence-corrected chi connectivity index (χ3v) is 4.46. The van der Waals surface area contributed by atoms with Gasteiger partial charge in [-0.1, -0.05) is 11.6 Å². The molecule has 25 heavy (non-hydrogen) atoms. The predicted molar refractivity (Wildman–Crippen MR) is 94.5 cm³/mol. The third-order valence-electron chi connectivity index (χ3n) is 4.22. The van der Waals surface area contributed by atoms with E-state index >= 15 is 0 Å². The number of hydrogen-bond donors (Lipinski definition) is 0. The van der Waals surface area contributed by atoms with Gasteiger partial charge in [0.2, 0.25) is 0 Å². The highest BCUT2D eigenvalue weighted by Gasteiger charge is 2.27. The molecule has 0 atom stereocenters. The molecule has 0 radical (unpaired) electrons. The van der Waals surface area contributed by atoms with E-state index in [1.54, 1.807) is 25.1 Å². The molecule has 0 unspecified atom stereocenters. The average molecular weight is 359 g/mol. The number of halogens is 1. The van der Waals surface area contributed by atoms with Crippen LogP contribution >= 0.6 is 11.6 Å². The lowest BCUT2D eigenvalue weighted by Crippen LogP contribution is -2.31. The standard InChI is InChI=1S/C18H15ClN2O4/c1-11-9-12(4-6-15(11)21(24)25)18(23)20-8-2-3-17(22)14-10-13(19)5-7-16(14)20/h4-7,9-10H,2-3,8H2,1H3. The number of nitro groups is 1. The van der Waals surface area contributed by atoms with Gasteiger partial charge in [-0.3, -0.25) is 19.7 Å². The van der Waals surface area contributed by atoms with E-state index in [2.05, 4.69) is 0 Å². The second kappa shape index (κ2) is 6.64. The fraction of sp³-hybridized carbons (Fsp3) is 0.222. The van der Waals surface area contributed by atoms with Crippen molar-refractivity contribution in [1.29, 1.82) is 0 Å². The van der Waals surface area contributed by atoms with Gasteiger partial charge in [0.1, 0.15) is 0 Å². The van der Waals surface area contributed by atoms with Crippen molar-refractivity contribution in [3.05, 3.63) is 68.2 Å². The maximum absolute atomic E-state index is 13.0. The lowest BCUT2D eigenvalue weighted by Gasteiger charge is -2.23. The first-order valence-corrected chi connectivity index (χ1v) is 8.16. The molecule has 128 valence electrons. The monoisotopic (exact) mass is 358 g/mol. The van der Waals surface area contributed by atoms with Crippen LogP contribution in [0.1, 0.15) is 39.1 Å². The number of carbonyl (C=O) groups excluding carboxylic acids is 2. The van der Waals surface area contributed by atoms with E-state index in [1.165, 1.54) is 23.1 Å². The number of carbonyl (C=O) groups is 2. The Labute approximate surface area is 149 Å². The first kappa shape index (κ1) is 17.1. The summed E-state index contributed by atoms with van der Waals surface area (Å²) in [6, 6.07) is 9.15. The molecule has 0 bridgehead atoms. The number of Topliss-reactive ketones (excluding diaryl/α,β-unsaturated/α-hetero) is 1. The van der Waals surface area contributed by atoms with Gasteiger partial charge in [0.15, 0.2) is 5.78 Å². The van der Waals surface area contributed by atoms with Crippen molar-refractivity contribution in [2.45, 2.75) is 19.8 Å². The van der Waals surface area contributed by atoms with Crippen molar-refractivity contribution < 1.29 is 14.5 Å². The van der Waals surface area contributed by atoms with Crippen LogP contribution in [0.5, 0.6) is 0 Å². The molecule has 3 rings (SSSR count). The van der Waals surface area contributed by atoms with Crippen LogP contribution in [-0.4, -0.2) is 23.2 Å². The van der Waals surface area contributed by atoms with E-state index < -0.39 is 4.92 Å². The molecule has 2 aromatic rings. The summed E-state index contributed by atoms with van der Waals surface area (Å²) < 4.78 is 0. The van der Waals surface area contributed by atoms with Gasteiger partial charge in [0.05, 0.1) is 10.6 Å². The first-order valence-electron chi connectivity index (χ1n) is 7.78. The highest BCUT2D eigenvalue weighted by Crippen LogP contribution is 2.30. The summed E-state index contributed by atoms with van der Waals surface area (Å²) in [5.74, 6) is -0.344. The number of hydrogen-bond acceptors (Lipinski definition) is 4. The van der Waals surface area contributed by atoms with Crippen LogP contribution < -0.4 is 4.90 Å². The molecule has 0 saturated carbocycles. The third kappa shape index (κ3) is 3.25. The van der Waals surface area contributed by atoms with Gasteiger partial charge in [-0.15, -0.1) is 0 Å². The molecule has 7 heteroatoms. The van der Waals surface area contributed by atoms with Gasteiger partial charge in [-0.05, 0) is 43.7 Å². The second-order valence-electron chi connectivity index (χ2n) is 5.90. The summed E-state index contributed by atoms with van der Waals surface area (Å²) >= 11 is 5.99. The van der Waals surface area contributed by atoms with Crippen LogP contribution in [0.25, 0.3) is 0 Å². The van der Waals surface area contributed by atoms with Crippen LogP contribution in [-0.2, 0) is 0 Å². The van der Waals surface area contributed by atoms with Crippen molar-refractivity contribution in [3.63, 3.8) is 0 Å². The van der Waals surface area contributed by atoms with Crippen LogP contribution in [0.4, 0.5) is 11.4 Å². The number of benzene rings is 2. The number of rotatable bonds is 2. The highest BCUT2D eigenvalue weighted by molar-refractivity contribution is 6.31. The number of anilines is 1. The average Bonchev–Trinajstić information content (AvgIpc) is 2.73. The van der Waals surface area contributed by atoms with Crippen LogP contribution in [0, 0.1) is 17.0 Å². The quantitative estimate of drug-likeness (QED) is 0.595. The topological polar surface area (TPSA) is 80.5 Å². The molecule has 1 aliphatic rings. The van der Waals surface area contributed by atoms with E-state index in [0.29, 0.717) is 46.8 Å². The van der Waals surface area contributed by atoms with Gasteiger partial charge >= 0.3 is 0 Å². The fourth-order valence-corrected chi connectivity index (χ4v) is 3.15. The smallest absolute Gasteiger partial charge is 0.272 e. The number of fused-ring (bicyclic) bond motifs is 1. The molecule has 1 aliphatic heterocycles. The molecule has 0 aromatic heterocycles. The first-order chi connectivity index (χ1) is 11.9. The molecule has 1 heterocycles. The minimum atomic E-state index is -0.481. The Morgan fingerprint density at radius 1 is 1.24 bits per heavy atom. The Kier molecular flexibility index (Phi) is 4.55. The Hall–Kier alpha value is -2.73. The summed E-state index contributed by atoms with van der Waals surface area (Å²) in [7, 11) is 0. The minimum Gasteiger partial charge on any atom is -0.308 e. The number of amides is 1. The van der Waals surface area contributed by atoms with Crippen molar-refractivity contribution in [3.8, 4) is 0 Å². The molecular weight excluding hydrogens is 344 g/mol. The molecule has 0 spiro atoms. The van der Waals surface area contributed by atoms with Gasteiger partial charge in [0, 0.05) is 40.7 Å².